The molecule has 9 heavy (non-hydrogen) atoms. The zero-order valence-corrected chi connectivity index (χ0v) is 5.94. The standard InChI is InChI=1S/C6H5BrFN/c1-4-5(8)2-3-9-6(4)7/h2-3H,1H3/i1D3. The van der Waals surface area contributed by atoms with Gasteiger partial charge in [-0.3, -0.25) is 0 Å². The van der Waals surface area contributed by atoms with Gasteiger partial charge in [-0.05, 0) is 28.8 Å². The molecule has 0 saturated heterocycles. The Morgan fingerprint density at radius 2 is 2.67 bits per heavy atom. The number of pyridine rings is 1. The molecule has 48 valence electrons. The van der Waals surface area contributed by atoms with Gasteiger partial charge in [-0.2, -0.15) is 0 Å². The smallest absolute Gasteiger partial charge is 0.130 e. The normalized spacial score (nSPS) is 16.0. The van der Waals surface area contributed by atoms with Crippen molar-refractivity contribution in [2.24, 2.45) is 0 Å². The average molecular weight is 193 g/mol. The van der Waals surface area contributed by atoms with Crippen molar-refractivity contribution in [1.29, 1.82) is 0 Å². The summed E-state index contributed by atoms with van der Waals surface area (Å²) in [7, 11) is 0. The topological polar surface area (TPSA) is 12.9 Å². The van der Waals surface area contributed by atoms with Gasteiger partial charge in [0.25, 0.3) is 0 Å². The maximum atomic E-state index is 12.9. The number of halogens is 2. The predicted molar refractivity (Wildman–Crippen MR) is 36.6 cm³/mol. The van der Waals surface area contributed by atoms with Crippen LogP contribution in [0, 0.1) is 12.7 Å². The summed E-state index contributed by atoms with van der Waals surface area (Å²) >= 11 is 2.87. The first-order chi connectivity index (χ1) is 5.43. The average Bonchev–Trinajstić information content (AvgIpc) is 1.82. The summed E-state index contributed by atoms with van der Waals surface area (Å²) in [6.45, 7) is -2.46. The number of hydrogen-bond donors (Lipinski definition) is 0. The SMILES string of the molecule is [2H]C([2H])([2H])c1c(F)ccnc1Br. The highest BCUT2D eigenvalue weighted by molar-refractivity contribution is 9.10. The van der Waals surface area contributed by atoms with E-state index in [0.29, 0.717) is 0 Å². The quantitative estimate of drug-likeness (QED) is 0.576. The summed E-state index contributed by atoms with van der Waals surface area (Å²) in [6.07, 6.45) is 1.20. The van der Waals surface area contributed by atoms with Crippen LogP contribution < -0.4 is 0 Å². The summed E-state index contributed by atoms with van der Waals surface area (Å²) in [5.74, 6) is -0.767. The van der Waals surface area contributed by atoms with Crippen LogP contribution in [0.4, 0.5) is 4.39 Å². The van der Waals surface area contributed by atoms with Crippen molar-refractivity contribution >= 4 is 15.9 Å². The molecular formula is C6H5BrFN. The van der Waals surface area contributed by atoms with E-state index in [2.05, 4.69) is 20.9 Å². The van der Waals surface area contributed by atoms with Crippen LogP contribution >= 0.6 is 15.9 Å². The summed E-state index contributed by atoms with van der Waals surface area (Å²) in [5, 5.41) is 0. The molecule has 0 aromatic carbocycles. The number of rotatable bonds is 0. The molecule has 0 unspecified atom stereocenters. The van der Waals surface area contributed by atoms with Gasteiger partial charge in [0.05, 0.1) is 0 Å². The Bertz CT molecular complexity index is 279. The third-order valence-electron chi connectivity index (χ3n) is 0.854. The van der Waals surface area contributed by atoms with Crippen LogP contribution in [0.15, 0.2) is 16.9 Å². The summed E-state index contributed by atoms with van der Waals surface area (Å²) in [5.41, 5.74) is -0.370. The van der Waals surface area contributed by atoms with E-state index in [1.165, 1.54) is 6.20 Å². The minimum Gasteiger partial charge on any atom is -0.249 e. The molecule has 0 aliphatic rings. The lowest BCUT2D eigenvalue weighted by Crippen LogP contribution is -1.84. The van der Waals surface area contributed by atoms with Crippen molar-refractivity contribution in [3.05, 3.63) is 28.2 Å². The van der Waals surface area contributed by atoms with Crippen molar-refractivity contribution in [3.8, 4) is 0 Å². The molecule has 1 aromatic heterocycles. The molecule has 1 heterocycles. The third kappa shape index (κ3) is 1.27. The van der Waals surface area contributed by atoms with Crippen molar-refractivity contribution in [3.63, 3.8) is 0 Å². The molecule has 0 atom stereocenters. The van der Waals surface area contributed by atoms with Crippen molar-refractivity contribution in [2.75, 3.05) is 0 Å². The first-order valence-electron chi connectivity index (χ1n) is 3.73. The molecule has 1 rings (SSSR count). The van der Waals surface area contributed by atoms with Crippen LogP contribution in [0.25, 0.3) is 0 Å². The predicted octanol–water partition coefficient (Wildman–Crippen LogP) is 2.29. The minimum atomic E-state index is -2.46. The van der Waals surface area contributed by atoms with E-state index in [0.717, 1.165) is 6.07 Å². The first kappa shape index (κ1) is 3.66. The van der Waals surface area contributed by atoms with Crippen molar-refractivity contribution < 1.29 is 8.50 Å². The fraction of sp³-hybridized carbons (Fsp3) is 0.167. The van der Waals surface area contributed by atoms with Crippen LogP contribution in [0.5, 0.6) is 0 Å². The molecule has 0 fully saturated rings. The highest BCUT2D eigenvalue weighted by Gasteiger charge is 1.98. The molecule has 1 aromatic rings. The van der Waals surface area contributed by atoms with E-state index in [4.69, 9.17) is 4.11 Å². The van der Waals surface area contributed by atoms with E-state index in [1.807, 2.05) is 0 Å². The van der Waals surface area contributed by atoms with Gasteiger partial charge in [-0.15, -0.1) is 0 Å². The first-order valence-corrected chi connectivity index (χ1v) is 3.02. The van der Waals surface area contributed by atoms with Gasteiger partial charge in [0.1, 0.15) is 10.4 Å². The molecule has 0 bridgehead atoms. The fourth-order valence-corrected chi connectivity index (χ4v) is 0.722. The van der Waals surface area contributed by atoms with Crippen LogP contribution in [0.1, 0.15) is 9.68 Å². The molecule has 0 aliphatic carbocycles. The van der Waals surface area contributed by atoms with Crippen LogP contribution in [0.2, 0.25) is 0 Å². The van der Waals surface area contributed by atoms with E-state index in [1.54, 1.807) is 0 Å². The second kappa shape index (κ2) is 2.43. The molecule has 0 amide bonds. The Morgan fingerprint density at radius 3 is 3.11 bits per heavy atom. The Labute approximate surface area is 65.3 Å². The van der Waals surface area contributed by atoms with Crippen LogP contribution in [-0.4, -0.2) is 4.98 Å². The van der Waals surface area contributed by atoms with E-state index >= 15 is 0 Å². The van der Waals surface area contributed by atoms with Gasteiger partial charge in [0.2, 0.25) is 0 Å². The second-order valence-electron chi connectivity index (χ2n) is 1.46. The van der Waals surface area contributed by atoms with Gasteiger partial charge >= 0.3 is 0 Å². The van der Waals surface area contributed by atoms with Gasteiger partial charge in [0, 0.05) is 15.9 Å². The van der Waals surface area contributed by atoms with Crippen LogP contribution in [0.3, 0.4) is 0 Å². The maximum absolute atomic E-state index is 12.9. The summed E-state index contributed by atoms with van der Waals surface area (Å²) in [4.78, 5) is 3.62. The van der Waals surface area contributed by atoms with E-state index in [9.17, 15) is 4.39 Å². The minimum absolute atomic E-state index is 0.0301. The number of aromatic nitrogens is 1. The second-order valence-corrected chi connectivity index (χ2v) is 2.21. The lowest BCUT2D eigenvalue weighted by atomic mass is 10.3. The highest BCUT2D eigenvalue weighted by atomic mass is 79.9. The van der Waals surface area contributed by atoms with Gasteiger partial charge in [0.15, 0.2) is 0 Å². The van der Waals surface area contributed by atoms with Crippen molar-refractivity contribution in [2.45, 2.75) is 6.85 Å². The Morgan fingerprint density at radius 1 is 1.89 bits per heavy atom. The zero-order chi connectivity index (χ0) is 9.35. The molecular weight excluding hydrogens is 185 g/mol. The monoisotopic (exact) mass is 192 g/mol. The molecule has 0 saturated carbocycles. The highest BCUT2D eigenvalue weighted by Crippen LogP contribution is 2.13. The van der Waals surface area contributed by atoms with E-state index < -0.39 is 12.7 Å². The largest absolute Gasteiger partial charge is 0.249 e. The fourth-order valence-electron chi connectivity index (χ4n) is 0.415. The van der Waals surface area contributed by atoms with Gasteiger partial charge in [-0.25, -0.2) is 9.37 Å². The lowest BCUT2D eigenvalue weighted by molar-refractivity contribution is 0.614. The number of hydrogen-bond acceptors (Lipinski definition) is 1. The van der Waals surface area contributed by atoms with Crippen LogP contribution in [-0.2, 0) is 0 Å². The molecule has 0 spiro atoms. The van der Waals surface area contributed by atoms with Gasteiger partial charge < -0.3 is 0 Å². The molecule has 3 heteroatoms. The molecule has 0 N–H and O–H groups in total. The summed E-state index contributed by atoms with van der Waals surface area (Å²) in [6, 6.07) is 1.02. The molecule has 0 radical (unpaired) electrons. The van der Waals surface area contributed by atoms with Gasteiger partial charge in [-0.1, -0.05) is 0 Å². The van der Waals surface area contributed by atoms with Crippen molar-refractivity contribution in [1.82, 2.24) is 4.98 Å². The lowest BCUT2D eigenvalue weighted by Gasteiger charge is -1.94. The Balaban J connectivity index is 3.31. The van der Waals surface area contributed by atoms with E-state index in [-0.39, 0.29) is 10.2 Å². The number of nitrogens with zero attached hydrogens (tertiary/aromatic N) is 1. The third-order valence-corrected chi connectivity index (χ3v) is 1.46. The Kier molecular flexibility index (Phi) is 0.990. The zero-order valence-electron chi connectivity index (χ0n) is 7.36. The Hall–Kier alpha value is -0.440. The molecule has 1 nitrogen and oxygen atoms in total. The summed E-state index contributed by atoms with van der Waals surface area (Å²) < 4.78 is 33.9. The maximum Gasteiger partial charge on any atom is 0.130 e. The molecule has 0 aliphatic heterocycles.